The molecule has 13 nitrogen and oxygen atoms in total. The largest absolute Gasteiger partial charge is 0.462 e. The lowest BCUT2D eigenvalue weighted by Gasteiger charge is -2.60. The van der Waals surface area contributed by atoms with Gasteiger partial charge in [0.2, 0.25) is 5.95 Å². The standard InChI is InChI=1S/C15H17N3O.C13H16IN3O.C5H3FIN.C5H10N2.C5H10O2.S4/c1-2-11-3-4-15(16-6-11)17-7-12-5-13(8-17)18(12)14-9-19-10-14;14-9-1-2-13(15-4-9)16-5-10-3-11(6-16)17(10)12-7-18-8-12;6-5-2-1-4(7)3-8-5;1-4-2-6-3-5(1)7-4;1-5(2,3)7-4-6;1-3-4-2/h1,3-4,6,12-14H,5,7-10H2;1-2,4,10-12H,3,5-8H2;1-3H;4-7H,1-3H2;4H,1-3H3;. The maximum atomic E-state index is 12.0. The highest BCUT2D eigenvalue weighted by atomic mass is 127. The molecular weight excluding hydrogens is 1110 g/mol. The van der Waals surface area contributed by atoms with E-state index in [2.05, 4.69) is 136 Å². The van der Waals surface area contributed by atoms with Crippen molar-refractivity contribution in [1.29, 1.82) is 0 Å². The Morgan fingerprint density at radius 1 is 0.762 bits per heavy atom. The van der Waals surface area contributed by atoms with Crippen molar-refractivity contribution in [1.82, 2.24) is 35.4 Å². The fourth-order valence-electron chi connectivity index (χ4n) is 8.72. The van der Waals surface area contributed by atoms with E-state index >= 15 is 0 Å². The quantitative estimate of drug-likeness (QED) is 0.165. The van der Waals surface area contributed by atoms with Crippen molar-refractivity contribution in [3.8, 4) is 12.3 Å². The highest BCUT2D eigenvalue weighted by Crippen LogP contribution is 2.38. The minimum Gasteiger partial charge on any atom is -0.462 e. The van der Waals surface area contributed by atoms with Crippen LogP contribution in [0.3, 0.4) is 0 Å². The molecule has 0 saturated carbocycles. The Morgan fingerprint density at radius 3 is 1.48 bits per heavy atom. The number of pyridine rings is 3. The van der Waals surface area contributed by atoms with Crippen LogP contribution in [0.4, 0.5) is 16.0 Å². The number of piperazine rings is 3. The summed E-state index contributed by atoms with van der Waals surface area (Å²) in [6.45, 7) is 16.4. The van der Waals surface area contributed by atoms with Gasteiger partial charge in [0.15, 0.2) is 0 Å². The topological polar surface area (TPSA) is 120 Å². The summed E-state index contributed by atoms with van der Waals surface area (Å²) >= 11 is 13.0. The van der Waals surface area contributed by atoms with E-state index in [9.17, 15) is 9.18 Å². The number of nitrogens with one attached hydrogen (secondary N) is 2. The van der Waals surface area contributed by atoms with Crippen LogP contribution in [-0.4, -0.2) is 151 Å². The first-order chi connectivity index (χ1) is 30.4. The number of piperidine rings is 3. The summed E-state index contributed by atoms with van der Waals surface area (Å²) in [5.41, 5.74) is 0.529. The average Bonchev–Trinajstić information content (AvgIpc) is 3.25. The lowest BCUT2D eigenvalue weighted by Crippen LogP contribution is -2.74. The van der Waals surface area contributed by atoms with Gasteiger partial charge in [-0.15, -0.1) is 6.42 Å². The molecule has 63 heavy (non-hydrogen) atoms. The Kier molecular flexibility index (Phi) is 19.9. The maximum Gasteiger partial charge on any atom is 0.293 e. The molecule has 342 valence electrons. The summed E-state index contributed by atoms with van der Waals surface area (Å²) in [5, 5.41) is 6.74. The molecule has 0 radical (unpaired) electrons. The summed E-state index contributed by atoms with van der Waals surface area (Å²) < 4.78 is 29.3. The highest BCUT2D eigenvalue weighted by molar-refractivity contribution is 14.1. The summed E-state index contributed by atoms with van der Waals surface area (Å²) in [6.07, 6.45) is 14.7. The second kappa shape index (κ2) is 24.8. The molecule has 11 aliphatic rings. The van der Waals surface area contributed by atoms with Crippen LogP contribution in [0.1, 0.15) is 45.6 Å². The minimum atomic E-state index is -0.426. The number of carbonyl (C=O) groups is 1. The van der Waals surface area contributed by atoms with Crippen LogP contribution in [-0.2, 0) is 59.1 Å². The van der Waals surface area contributed by atoms with Crippen LogP contribution in [0.5, 0.6) is 0 Å². The van der Waals surface area contributed by atoms with Crippen LogP contribution in [0.15, 0.2) is 55.0 Å². The number of carbonyl (C=O) groups excluding carboxylic acids is 1. The second-order valence-electron chi connectivity index (χ2n) is 17.3. The third-order valence-electron chi connectivity index (χ3n) is 11.8. The molecule has 6 unspecified atom stereocenters. The van der Waals surface area contributed by atoms with Crippen molar-refractivity contribution in [2.24, 2.45) is 0 Å². The van der Waals surface area contributed by atoms with Crippen LogP contribution >= 0.6 is 45.2 Å². The number of terminal acetylenes is 1. The number of rotatable bonds is 5. The third-order valence-corrected chi connectivity index (χ3v) is 15.3. The Balaban J connectivity index is 0.000000137. The van der Waals surface area contributed by atoms with E-state index in [1.807, 2.05) is 39.1 Å². The van der Waals surface area contributed by atoms with Gasteiger partial charge in [-0.2, -0.15) is 4.39 Å². The van der Waals surface area contributed by atoms with E-state index in [0.29, 0.717) is 30.6 Å². The van der Waals surface area contributed by atoms with Gasteiger partial charge >= 0.3 is 0 Å². The van der Waals surface area contributed by atoms with Gasteiger partial charge < -0.3 is 34.6 Å². The first-order valence-electron chi connectivity index (χ1n) is 21.1. The Bertz CT molecular complexity index is 1960. The summed E-state index contributed by atoms with van der Waals surface area (Å²) in [6, 6.07) is 17.1. The zero-order valence-corrected chi connectivity index (χ0v) is 43.3. The average molecular weight is 1160 g/mol. The van der Waals surface area contributed by atoms with Gasteiger partial charge in [-0.05, 0) is 122 Å². The van der Waals surface area contributed by atoms with E-state index in [1.165, 1.54) is 65.9 Å². The van der Waals surface area contributed by atoms with Crippen molar-refractivity contribution in [2.75, 3.05) is 75.5 Å². The molecule has 11 fully saturated rings. The van der Waals surface area contributed by atoms with Crippen LogP contribution in [0, 0.1) is 25.4 Å². The van der Waals surface area contributed by atoms with E-state index in [1.54, 1.807) is 12.3 Å². The molecule has 3 aromatic heterocycles. The minimum absolute atomic E-state index is 0.318. The SMILES string of the molecule is C#Cc1ccc(N2CC3CC(C2)N3C2COC2)nc1.C1NCC2CC1N2.CC(C)(C)OC=O.Fc1ccc(I)cn1.Ic1ccc(N2CC3CC(C2)N3C2COC2)nc1.S=S=S=S. The smallest absolute Gasteiger partial charge is 0.293 e. The van der Waals surface area contributed by atoms with E-state index in [4.69, 9.17) is 15.9 Å². The predicted molar refractivity (Wildman–Crippen MR) is 272 cm³/mol. The number of hydrogen-bond acceptors (Lipinski definition) is 15. The molecule has 0 aliphatic carbocycles. The van der Waals surface area contributed by atoms with E-state index in [-0.39, 0.29) is 5.60 Å². The van der Waals surface area contributed by atoms with E-state index in [0.717, 1.165) is 97.5 Å². The number of ether oxygens (including phenoxy) is 3. The van der Waals surface area contributed by atoms with Gasteiger partial charge in [0.05, 0.1) is 38.5 Å². The predicted octanol–water partition coefficient (Wildman–Crippen LogP) is 4.17. The lowest BCUT2D eigenvalue weighted by molar-refractivity contribution is -0.141. The first kappa shape index (κ1) is 50.5. The fourth-order valence-corrected chi connectivity index (χ4v) is 9.36. The van der Waals surface area contributed by atoms with Gasteiger partial charge in [0.25, 0.3) is 6.47 Å². The molecule has 3 aromatic rings. The second-order valence-corrected chi connectivity index (χ2v) is 23.3. The monoisotopic (exact) mass is 1160 g/mol. The Hall–Kier alpha value is -1.89. The number of halogens is 3. The fraction of sp³-hybridized carbons (Fsp3) is 0.581. The van der Waals surface area contributed by atoms with Crippen molar-refractivity contribution in [2.45, 2.75) is 94.0 Å². The van der Waals surface area contributed by atoms with Crippen molar-refractivity contribution < 1.29 is 23.4 Å². The summed E-state index contributed by atoms with van der Waals surface area (Å²) in [4.78, 5) is 32.2. The van der Waals surface area contributed by atoms with Gasteiger partial charge in [-0.25, -0.2) is 15.0 Å². The van der Waals surface area contributed by atoms with Gasteiger partial charge in [-0.3, -0.25) is 14.6 Å². The molecule has 20 heteroatoms. The molecule has 6 atom stereocenters. The normalized spacial score (nSPS) is 26.3. The number of hydrogen-bond donors (Lipinski definition) is 2. The molecule has 6 bridgehead atoms. The molecular formula is C43H56FI2N9O4S4. The lowest BCUT2D eigenvalue weighted by atomic mass is 9.85. The van der Waals surface area contributed by atoms with Crippen LogP contribution < -0.4 is 20.4 Å². The molecule has 14 rings (SSSR count). The number of fused-ring (bicyclic) bond motifs is 6. The maximum absolute atomic E-state index is 12.0. The molecule has 0 spiro atoms. The summed E-state index contributed by atoms with van der Waals surface area (Å²) in [7, 11) is 2.34. The van der Waals surface area contributed by atoms with Crippen LogP contribution in [0.25, 0.3) is 0 Å². The first-order valence-corrected chi connectivity index (χ1v) is 27.2. The molecule has 0 aromatic carbocycles. The summed E-state index contributed by atoms with van der Waals surface area (Å²) in [5.74, 6) is 4.37. The Morgan fingerprint density at radius 2 is 1.22 bits per heavy atom. The van der Waals surface area contributed by atoms with Gasteiger partial charge in [0, 0.05) is 147 Å². The van der Waals surface area contributed by atoms with Gasteiger partial charge in [-0.1, -0.05) is 5.92 Å². The number of anilines is 2. The molecule has 14 heterocycles. The van der Waals surface area contributed by atoms with Crippen molar-refractivity contribution in [3.63, 3.8) is 0 Å². The highest BCUT2D eigenvalue weighted by Gasteiger charge is 2.50. The van der Waals surface area contributed by atoms with E-state index < -0.39 is 5.95 Å². The number of aromatic nitrogens is 3. The Labute approximate surface area is 414 Å². The zero-order chi connectivity index (χ0) is 44.9. The molecule has 11 saturated heterocycles. The molecule has 0 amide bonds. The van der Waals surface area contributed by atoms with Gasteiger partial charge in [0.1, 0.15) is 17.2 Å². The van der Waals surface area contributed by atoms with Crippen LogP contribution in [0.2, 0.25) is 0 Å². The number of nitrogens with zero attached hydrogens (tertiary/aromatic N) is 7. The molecule has 2 N–H and O–H groups in total. The zero-order valence-electron chi connectivity index (χ0n) is 35.7. The third kappa shape index (κ3) is 14.8. The van der Waals surface area contributed by atoms with Crippen molar-refractivity contribution in [3.05, 3.63) is 73.6 Å². The molecule has 11 aliphatic heterocycles. The van der Waals surface area contributed by atoms with Crippen molar-refractivity contribution >= 4 is 103 Å².